The topological polar surface area (TPSA) is 117 Å². The van der Waals surface area contributed by atoms with E-state index in [0.717, 1.165) is 0 Å². The van der Waals surface area contributed by atoms with E-state index in [1.165, 1.54) is 32.7 Å². The smallest absolute Gasteiger partial charge is 0.270 e. The molecule has 5 N–H and O–H groups in total. The number of aliphatic hydroxyl groups excluding tert-OH is 2. The highest BCUT2D eigenvalue weighted by atomic mass is 16.5. The van der Waals surface area contributed by atoms with E-state index in [1.54, 1.807) is 25.1 Å². The molecule has 1 amide bonds. The third-order valence-corrected chi connectivity index (χ3v) is 4.79. The first kappa shape index (κ1) is 20.2. The highest BCUT2D eigenvalue weighted by molar-refractivity contribution is 6.46. The number of ether oxygens (including phenoxy) is 1. The molecule has 7 nitrogen and oxygen atoms in total. The minimum absolute atomic E-state index is 0.127. The van der Waals surface area contributed by atoms with Gasteiger partial charge in [0.2, 0.25) is 0 Å². The SMILES string of the molecule is CN=C(C(=O)NC(C)(CO)CO)c1cc(OCC2CCCC2)ccc1N. The summed E-state index contributed by atoms with van der Waals surface area (Å²) in [5.74, 6) is 0.702. The Morgan fingerprint density at radius 3 is 2.58 bits per heavy atom. The molecule has 0 saturated heterocycles. The summed E-state index contributed by atoms with van der Waals surface area (Å²) in [6.07, 6.45) is 4.88. The van der Waals surface area contributed by atoms with E-state index in [1.807, 2.05) is 0 Å². The van der Waals surface area contributed by atoms with Gasteiger partial charge in [0, 0.05) is 18.3 Å². The third-order valence-electron chi connectivity index (χ3n) is 4.79. The predicted octanol–water partition coefficient (Wildman–Crippen LogP) is 1.12. The molecule has 26 heavy (non-hydrogen) atoms. The van der Waals surface area contributed by atoms with Gasteiger partial charge in [0.1, 0.15) is 11.5 Å². The number of nitrogens with zero attached hydrogens (tertiary/aromatic N) is 1. The first-order chi connectivity index (χ1) is 12.4. The number of aliphatic imine (C=N–C) groups is 1. The average molecular weight is 363 g/mol. The average Bonchev–Trinajstić information content (AvgIpc) is 3.16. The zero-order valence-corrected chi connectivity index (χ0v) is 15.5. The number of nitrogens with one attached hydrogen (secondary N) is 1. The molecular formula is C19H29N3O4. The Morgan fingerprint density at radius 1 is 1.35 bits per heavy atom. The lowest BCUT2D eigenvalue weighted by atomic mass is 10.0. The molecule has 144 valence electrons. The maximum Gasteiger partial charge on any atom is 0.270 e. The summed E-state index contributed by atoms with van der Waals surface area (Å²) in [7, 11) is 1.50. The van der Waals surface area contributed by atoms with Crippen LogP contribution in [0.15, 0.2) is 23.2 Å². The summed E-state index contributed by atoms with van der Waals surface area (Å²) in [4.78, 5) is 16.6. The Morgan fingerprint density at radius 2 is 2.00 bits per heavy atom. The Bertz CT molecular complexity index is 650. The first-order valence-corrected chi connectivity index (χ1v) is 8.96. The number of aliphatic hydroxyl groups is 2. The number of benzene rings is 1. The van der Waals surface area contributed by atoms with Crippen molar-refractivity contribution in [1.29, 1.82) is 0 Å². The molecule has 0 heterocycles. The molecular weight excluding hydrogens is 334 g/mol. The van der Waals surface area contributed by atoms with Gasteiger partial charge in [0.05, 0.1) is 25.4 Å². The van der Waals surface area contributed by atoms with Gasteiger partial charge < -0.3 is 26.0 Å². The van der Waals surface area contributed by atoms with Crippen molar-refractivity contribution in [2.75, 3.05) is 32.6 Å². The molecule has 1 aliphatic rings. The molecule has 7 heteroatoms. The molecule has 0 spiro atoms. The zero-order chi connectivity index (χ0) is 19.2. The van der Waals surface area contributed by atoms with Crippen LogP contribution in [0.3, 0.4) is 0 Å². The van der Waals surface area contributed by atoms with E-state index in [9.17, 15) is 15.0 Å². The van der Waals surface area contributed by atoms with E-state index >= 15 is 0 Å². The van der Waals surface area contributed by atoms with Gasteiger partial charge in [0.25, 0.3) is 5.91 Å². The molecule has 0 radical (unpaired) electrons. The fourth-order valence-electron chi connectivity index (χ4n) is 3.03. The van der Waals surface area contributed by atoms with Gasteiger partial charge in [-0.25, -0.2) is 0 Å². The number of hydrogen-bond acceptors (Lipinski definition) is 6. The number of rotatable bonds is 8. The van der Waals surface area contributed by atoms with Crippen molar-refractivity contribution in [1.82, 2.24) is 5.32 Å². The first-order valence-electron chi connectivity index (χ1n) is 8.96. The van der Waals surface area contributed by atoms with Gasteiger partial charge >= 0.3 is 0 Å². The highest BCUT2D eigenvalue weighted by Gasteiger charge is 2.28. The van der Waals surface area contributed by atoms with Gasteiger partial charge in [-0.15, -0.1) is 0 Å². The largest absolute Gasteiger partial charge is 0.493 e. The van der Waals surface area contributed by atoms with Crippen molar-refractivity contribution in [3.63, 3.8) is 0 Å². The number of anilines is 1. The van der Waals surface area contributed by atoms with Crippen LogP contribution >= 0.6 is 0 Å². The van der Waals surface area contributed by atoms with E-state index in [-0.39, 0.29) is 5.71 Å². The molecule has 0 unspecified atom stereocenters. The normalized spacial score (nSPS) is 15.9. The number of carbonyl (C=O) groups is 1. The second-order valence-corrected chi connectivity index (χ2v) is 7.11. The van der Waals surface area contributed by atoms with E-state index in [0.29, 0.717) is 29.5 Å². The number of hydrogen-bond donors (Lipinski definition) is 4. The molecule has 2 rings (SSSR count). The van der Waals surface area contributed by atoms with Crippen LogP contribution in [0.5, 0.6) is 5.75 Å². The van der Waals surface area contributed by atoms with Gasteiger partial charge in [-0.3, -0.25) is 9.79 Å². The van der Waals surface area contributed by atoms with Gasteiger partial charge in [0.15, 0.2) is 0 Å². The monoisotopic (exact) mass is 363 g/mol. The fourth-order valence-corrected chi connectivity index (χ4v) is 3.03. The molecule has 1 fully saturated rings. The number of nitrogen functional groups attached to an aromatic ring is 1. The molecule has 1 aromatic rings. The van der Waals surface area contributed by atoms with Crippen LogP contribution in [0.4, 0.5) is 5.69 Å². The lowest BCUT2D eigenvalue weighted by Crippen LogP contribution is -2.53. The Kier molecular flexibility index (Phi) is 6.99. The summed E-state index contributed by atoms with van der Waals surface area (Å²) in [6.45, 7) is 1.41. The van der Waals surface area contributed by atoms with Crippen molar-refractivity contribution in [3.8, 4) is 5.75 Å². The van der Waals surface area contributed by atoms with Crippen LogP contribution in [-0.4, -0.2) is 54.2 Å². The summed E-state index contributed by atoms with van der Waals surface area (Å²) >= 11 is 0. The zero-order valence-electron chi connectivity index (χ0n) is 15.5. The van der Waals surface area contributed by atoms with Crippen LogP contribution in [0.1, 0.15) is 38.2 Å². The van der Waals surface area contributed by atoms with Crippen LogP contribution < -0.4 is 15.8 Å². The Balaban J connectivity index is 2.15. The maximum atomic E-state index is 12.6. The van der Waals surface area contributed by atoms with Crippen LogP contribution in [0.2, 0.25) is 0 Å². The lowest BCUT2D eigenvalue weighted by molar-refractivity contribution is -0.117. The quantitative estimate of drug-likeness (QED) is 0.408. The van der Waals surface area contributed by atoms with Crippen LogP contribution in [-0.2, 0) is 4.79 Å². The highest BCUT2D eigenvalue weighted by Crippen LogP contribution is 2.27. The number of carbonyl (C=O) groups excluding carboxylic acids is 1. The summed E-state index contributed by atoms with van der Waals surface area (Å²) in [6, 6.07) is 5.18. The lowest BCUT2D eigenvalue weighted by Gasteiger charge is -2.26. The molecule has 0 bridgehead atoms. The Hall–Kier alpha value is -2.12. The van der Waals surface area contributed by atoms with E-state index in [2.05, 4.69) is 10.3 Å². The van der Waals surface area contributed by atoms with Gasteiger partial charge in [-0.05, 0) is 43.9 Å². The van der Waals surface area contributed by atoms with Crippen molar-refractivity contribution in [2.45, 2.75) is 38.1 Å². The minimum atomic E-state index is -1.14. The van der Waals surface area contributed by atoms with E-state index < -0.39 is 24.7 Å². The Labute approximate surface area is 154 Å². The minimum Gasteiger partial charge on any atom is -0.493 e. The van der Waals surface area contributed by atoms with Gasteiger partial charge in [-0.2, -0.15) is 0 Å². The number of amides is 1. The second-order valence-electron chi connectivity index (χ2n) is 7.11. The second kappa shape index (κ2) is 9.00. The predicted molar refractivity (Wildman–Crippen MR) is 101 cm³/mol. The van der Waals surface area contributed by atoms with Crippen LogP contribution in [0.25, 0.3) is 0 Å². The molecule has 1 aromatic carbocycles. The number of nitrogens with two attached hydrogens (primary N) is 1. The van der Waals surface area contributed by atoms with Crippen LogP contribution in [0, 0.1) is 5.92 Å². The molecule has 1 saturated carbocycles. The molecule has 1 aliphatic carbocycles. The van der Waals surface area contributed by atoms with Gasteiger partial charge in [-0.1, -0.05) is 12.8 Å². The van der Waals surface area contributed by atoms with E-state index in [4.69, 9.17) is 10.5 Å². The van der Waals surface area contributed by atoms with Crippen molar-refractivity contribution in [2.24, 2.45) is 10.9 Å². The maximum absolute atomic E-state index is 12.6. The summed E-state index contributed by atoms with van der Waals surface area (Å²) < 4.78 is 5.88. The van der Waals surface area contributed by atoms with Crippen molar-refractivity contribution >= 4 is 17.3 Å². The third kappa shape index (κ3) is 4.95. The summed E-state index contributed by atoms with van der Waals surface area (Å²) in [5.41, 5.74) is 5.89. The van der Waals surface area contributed by atoms with Crippen molar-refractivity contribution < 1.29 is 19.7 Å². The van der Waals surface area contributed by atoms with Crippen molar-refractivity contribution in [3.05, 3.63) is 23.8 Å². The molecule has 0 aliphatic heterocycles. The standard InChI is InChI=1S/C19H29N3O4/c1-19(11-23,12-24)22-18(25)17(21-2)15-9-14(7-8-16(15)20)26-10-13-5-3-4-6-13/h7-9,13,23-24H,3-6,10-12,20H2,1-2H3,(H,22,25). The molecule has 0 atom stereocenters. The summed E-state index contributed by atoms with van der Waals surface area (Å²) in [5, 5.41) is 21.3. The molecule has 0 aromatic heterocycles. The fraction of sp³-hybridized carbons (Fsp3) is 0.579.